The van der Waals surface area contributed by atoms with Crippen LogP contribution in [-0.4, -0.2) is 36.4 Å². The summed E-state index contributed by atoms with van der Waals surface area (Å²) in [5, 5.41) is 2.84. The van der Waals surface area contributed by atoms with Gasteiger partial charge in [-0.15, -0.1) is 0 Å². The van der Waals surface area contributed by atoms with Crippen LogP contribution in [0.15, 0.2) is 42.5 Å². The van der Waals surface area contributed by atoms with Gasteiger partial charge in [0.2, 0.25) is 5.91 Å². The lowest BCUT2D eigenvalue weighted by atomic mass is 9.86. The summed E-state index contributed by atoms with van der Waals surface area (Å²) >= 11 is 0. The number of hydrogen-bond acceptors (Lipinski definition) is 3. The maximum Gasteiger partial charge on any atom is 0.257 e. The molecule has 1 unspecified atom stereocenters. The number of hydrogen-bond donors (Lipinski definition) is 1. The fraction of sp³-hybridized carbons (Fsp3) is 0.481. The SMILES string of the molecule is CCCNC(=O)COc1ccc2c(c1)C(c1ccc(C)cc1)N(C(=O)C1CCCC1)CC2. The molecule has 1 aliphatic carbocycles. The maximum absolute atomic E-state index is 13.5. The Morgan fingerprint density at radius 2 is 1.84 bits per heavy atom. The molecule has 0 spiro atoms. The van der Waals surface area contributed by atoms with Crippen molar-refractivity contribution in [2.24, 2.45) is 5.92 Å². The number of nitrogens with one attached hydrogen (secondary N) is 1. The Hall–Kier alpha value is -2.82. The molecule has 32 heavy (non-hydrogen) atoms. The van der Waals surface area contributed by atoms with Crippen LogP contribution in [0, 0.1) is 12.8 Å². The van der Waals surface area contributed by atoms with Crippen LogP contribution in [0.3, 0.4) is 0 Å². The van der Waals surface area contributed by atoms with E-state index in [-0.39, 0.29) is 30.4 Å². The summed E-state index contributed by atoms with van der Waals surface area (Å²) < 4.78 is 5.81. The van der Waals surface area contributed by atoms with Gasteiger partial charge in [0.25, 0.3) is 5.91 Å². The molecule has 5 heteroatoms. The number of rotatable bonds is 7. The van der Waals surface area contributed by atoms with Crippen LogP contribution in [0.25, 0.3) is 0 Å². The highest BCUT2D eigenvalue weighted by atomic mass is 16.5. The Kier molecular flexibility index (Phi) is 7.13. The third-order valence-electron chi connectivity index (χ3n) is 6.67. The highest BCUT2D eigenvalue weighted by Crippen LogP contribution is 2.39. The summed E-state index contributed by atoms with van der Waals surface area (Å²) in [5.41, 5.74) is 4.68. The van der Waals surface area contributed by atoms with Crippen LogP contribution < -0.4 is 10.1 Å². The Morgan fingerprint density at radius 3 is 2.56 bits per heavy atom. The highest BCUT2D eigenvalue weighted by molar-refractivity contribution is 5.80. The Bertz CT molecular complexity index is 948. The normalized spacial score (nSPS) is 18.3. The van der Waals surface area contributed by atoms with Gasteiger partial charge in [-0.25, -0.2) is 0 Å². The first-order chi connectivity index (χ1) is 15.6. The molecule has 1 atom stereocenters. The van der Waals surface area contributed by atoms with Crippen LogP contribution in [-0.2, 0) is 16.0 Å². The molecule has 0 saturated heterocycles. The fourth-order valence-electron chi connectivity index (χ4n) is 4.90. The van der Waals surface area contributed by atoms with Crippen LogP contribution in [0.1, 0.15) is 67.3 Å². The zero-order chi connectivity index (χ0) is 22.5. The maximum atomic E-state index is 13.5. The summed E-state index contributed by atoms with van der Waals surface area (Å²) in [6.45, 7) is 5.49. The fourth-order valence-corrected chi connectivity index (χ4v) is 4.90. The van der Waals surface area contributed by atoms with Gasteiger partial charge in [0, 0.05) is 19.0 Å². The van der Waals surface area contributed by atoms with Gasteiger partial charge in [-0.2, -0.15) is 0 Å². The summed E-state index contributed by atoms with van der Waals surface area (Å²) in [6.07, 6.45) is 6.03. The first-order valence-corrected chi connectivity index (χ1v) is 12.0. The van der Waals surface area contributed by atoms with E-state index in [2.05, 4.69) is 47.5 Å². The monoisotopic (exact) mass is 434 g/mol. The quantitative estimate of drug-likeness (QED) is 0.695. The third kappa shape index (κ3) is 4.98. The minimum Gasteiger partial charge on any atom is -0.484 e. The van der Waals surface area contributed by atoms with E-state index in [1.807, 2.05) is 19.1 Å². The molecule has 4 rings (SSSR count). The predicted molar refractivity (Wildman–Crippen MR) is 126 cm³/mol. The van der Waals surface area contributed by atoms with Crippen molar-refractivity contribution in [1.82, 2.24) is 10.2 Å². The van der Waals surface area contributed by atoms with Gasteiger partial charge >= 0.3 is 0 Å². The average Bonchev–Trinajstić information content (AvgIpc) is 3.36. The molecule has 2 aliphatic rings. The van der Waals surface area contributed by atoms with Crippen LogP contribution >= 0.6 is 0 Å². The zero-order valence-corrected chi connectivity index (χ0v) is 19.2. The number of carbonyl (C=O) groups excluding carboxylic acids is 2. The lowest BCUT2D eigenvalue weighted by Crippen LogP contribution is -2.43. The molecule has 1 N–H and O–H groups in total. The predicted octanol–water partition coefficient (Wildman–Crippen LogP) is 4.56. The minimum absolute atomic E-state index is 0.00129. The first-order valence-electron chi connectivity index (χ1n) is 12.0. The zero-order valence-electron chi connectivity index (χ0n) is 19.2. The molecular formula is C27H34N2O3. The minimum atomic E-state index is -0.120. The van der Waals surface area contributed by atoms with E-state index in [0.717, 1.165) is 56.2 Å². The van der Waals surface area contributed by atoms with E-state index >= 15 is 0 Å². The summed E-state index contributed by atoms with van der Waals surface area (Å²) in [4.78, 5) is 27.6. The van der Waals surface area contributed by atoms with Gasteiger partial charge in [-0.3, -0.25) is 9.59 Å². The molecule has 2 aromatic carbocycles. The summed E-state index contributed by atoms with van der Waals surface area (Å²) in [7, 11) is 0. The largest absolute Gasteiger partial charge is 0.484 e. The number of carbonyl (C=O) groups is 2. The van der Waals surface area contributed by atoms with Crippen molar-refractivity contribution >= 4 is 11.8 Å². The lowest BCUT2D eigenvalue weighted by molar-refractivity contribution is -0.137. The molecule has 1 fully saturated rings. The standard InChI is InChI=1S/C27H34N2O3/c1-3-15-28-25(30)18-32-23-13-12-20-14-16-29(27(31)22-6-4-5-7-22)26(24(20)17-23)21-10-8-19(2)9-11-21/h8-13,17,22,26H,3-7,14-16,18H2,1-2H3,(H,28,30). The van der Waals surface area contributed by atoms with Crippen molar-refractivity contribution in [3.05, 3.63) is 64.7 Å². The third-order valence-corrected chi connectivity index (χ3v) is 6.67. The Morgan fingerprint density at radius 1 is 1.09 bits per heavy atom. The van der Waals surface area contributed by atoms with Crippen LogP contribution in [0.5, 0.6) is 5.75 Å². The molecule has 0 radical (unpaired) electrons. The molecule has 0 bridgehead atoms. The summed E-state index contributed by atoms with van der Waals surface area (Å²) in [5.74, 6) is 0.982. The molecule has 0 aromatic heterocycles. The van der Waals surface area contributed by atoms with E-state index in [4.69, 9.17) is 4.74 Å². The van der Waals surface area contributed by atoms with Crippen molar-refractivity contribution in [2.45, 2.75) is 58.4 Å². The molecular weight excluding hydrogens is 400 g/mol. The lowest BCUT2D eigenvalue weighted by Gasteiger charge is -2.39. The second-order valence-corrected chi connectivity index (χ2v) is 9.08. The smallest absolute Gasteiger partial charge is 0.257 e. The van der Waals surface area contributed by atoms with Gasteiger partial charge < -0.3 is 15.0 Å². The molecule has 5 nitrogen and oxygen atoms in total. The van der Waals surface area contributed by atoms with E-state index in [0.29, 0.717) is 12.3 Å². The van der Waals surface area contributed by atoms with Crippen LogP contribution in [0.4, 0.5) is 0 Å². The number of ether oxygens (including phenoxy) is 1. The Balaban J connectivity index is 1.63. The number of nitrogens with zero attached hydrogens (tertiary/aromatic N) is 1. The number of fused-ring (bicyclic) bond motifs is 1. The average molecular weight is 435 g/mol. The van der Waals surface area contributed by atoms with Gasteiger partial charge in [-0.1, -0.05) is 55.7 Å². The van der Waals surface area contributed by atoms with Crippen molar-refractivity contribution in [3.8, 4) is 5.75 Å². The number of benzene rings is 2. The molecule has 170 valence electrons. The second kappa shape index (κ2) is 10.2. The van der Waals surface area contributed by atoms with E-state index < -0.39 is 0 Å². The Labute approximate surface area is 191 Å². The van der Waals surface area contributed by atoms with Crippen LogP contribution in [0.2, 0.25) is 0 Å². The topological polar surface area (TPSA) is 58.6 Å². The van der Waals surface area contributed by atoms with E-state index in [1.165, 1.54) is 11.1 Å². The summed E-state index contributed by atoms with van der Waals surface area (Å²) in [6, 6.07) is 14.4. The van der Waals surface area contributed by atoms with Gasteiger partial charge in [0.1, 0.15) is 5.75 Å². The molecule has 1 aliphatic heterocycles. The van der Waals surface area contributed by atoms with Crippen molar-refractivity contribution in [1.29, 1.82) is 0 Å². The number of aryl methyl sites for hydroxylation is 1. The van der Waals surface area contributed by atoms with E-state index in [1.54, 1.807) is 0 Å². The molecule has 2 aromatic rings. The molecule has 1 heterocycles. The van der Waals surface area contributed by atoms with Crippen molar-refractivity contribution in [2.75, 3.05) is 19.7 Å². The second-order valence-electron chi connectivity index (χ2n) is 9.08. The molecule has 2 amide bonds. The van der Waals surface area contributed by atoms with Gasteiger partial charge in [-0.05, 0) is 61.4 Å². The highest BCUT2D eigenvalue weighted by Gasteiger charge is 2.36. The van der Waals surface area contributed by atoms with Crippen molar-refractivity contribution in [3.63, 3.8) is 0 Å². The van der Waals surface area contributed by atoms with Gasteiger partial charge in [0.15, 0.2) is 6.61 Å². The van der Waals surface area contributed by atoms with E-state index in [9.17, 15) is 9.59 Å². The number of amides is 2. The van der Waals surface area contributed by atoms with Crippen molar-refractivity contribution < 1.29 is 14.3 Å². The van der Waals surface area contributed by atoms with Gasteiger partial charge in [0.05, 0.1) is 6.04 Å². The molecule has 1 saturated carbocycles. The first kappa shape index (κ1) is 22.4.